The summed E-state index contributed by atoms with van der Waals surface area (Å²) < 4.78 is 38.9. The fourth-order valence-corrected chi connectivity index (χ4v) is 10.1. The second-order valence-corrected chi connectivity index (χ2v) is 23.5. The Bertz CT molecular complexity index is 3340. The van der Waals surface area contributed by atoms with E-state index in [0.29, 0.717) is 55.3 Å². The van der Waals surface area contributed by atoms with E-state index in [1.165, 1.54) is 0 Å². The van der Waals surface area contributed by atoms with Gasteiger partial charge in [-0.25, -0.2) is 19.2 Å². The summed E-state index contributed by atoms with van der Waals surface area (Å²) in [5, 5.41) is 2.99. The molecular formula is C64H56O10. The summed E-state index contributed by atoms with van der Waals surface area (Å²) in [5.41, 5.74) is 3.97. The van der Waals surface area contributed by atoms with E-state index >= 15 is 0 Å². The van der Waals surface area contributed by atoms with Gasteiger partial charge in [0.1, 0.15) is 46.0 Å². The number of ether oxygens (including phenoxy) is 6. The lowest BCUT2D eigenvalue weighted by Crippen LogP contribution is -2.21. The highest BCUT2D eigenvalue weighted by atomic mass is 16.6. The summed E-state index contributed by atoms with van der Waals surface area (Å²) >= 11 is 0. The minimum absolute atomic E-state index is 0.0790. The van der Waals surface area contributed by atoms with E-state index in [1.807, 2.05) is 97.1 Å². The zero-order chi connectivity index (χ0) is 52.6. The van der Waals surface area contributed by atoms with Gasteiger partial charge in [0.15, 0.2) is 0 Å². The van der Waals surface area contributed by atoms with Crippen LogP contribution < -0.4 is 18.9 Å². The molecule has 0 radical (unpaired) electrons. The second-order valence-electron chi connectivity index (χ2n) is 23.5. The van der Waals surface area contributed by atoms with E-state index < -0.39 is 23.9 Å². The molecule has 0 spiro atoms. The maximum absolute atomic E-state index is 14.2. The van der Waals surface area contributed by atoms with Crippen molar-refractivity contribution >= 4 is 67.0 Å². The molecule has 0 saturated carbocycles. The molecule has 9 aromatic carbocycles. The van der Waals surface area contributed by atoms with Crippen molar-refractivity contribution in [3.05, 3.63) is 166 Å². The molecule has 2 aliphatic rings. The number of carbonyl (C=O) groups excluding carboxylic acids is 4. The highest BCUT2D eigenvalue weighted by Gasteiger charge is 2.39. The van der Waals surface area contributed by atoms with Crippen molar-refractivity contribution in [2.24, 2.45) is 0 Å². The van der Waals surface area contributed by atoms with Gasteiger partial charge in [-0.15, -0.1) is 0 Å². The Labute approximate surface area is 429 Å². The van der Waals surface area contributed by atoms with Gasteiger partial charge in [0, 0.05) is 43.1 Å². The molecule has 2 heterocycles. The van der Waals surface area contributed by atoms with Crippen molar-refractivity contribution in [3.63, 3.8) is 0 Å². The molecule has 74 heavy (non-hydrogen) atoms. The van der Waals surface area contributed by atoms with Crippen molar-refractivity contribution in [1.29, 1.82) is 0 Å². The minimum atomic E-state index is -0.866. The third-order valence-electron chi connectivity index (χ3n) is 14.2. The number of fused-ring (bicyclic) bond motifs is 2. The SMILES string of the molecule is CC(C)(C)c1ccc(Oc2cc3c4c(cc(Oc5ccc(C(C)(C)C)cc5)c5c6c(Oc7ccc(C(C)(C)C)cc7)cc7c8c(cc(Oc9ccc(C(C)(C)C)cc9)c(c2c45)c86)C(=O)OC7=O)C(=O)OC3=O)cc1. The van der Waals surface area contributed by atoms with Gasteiger partial charge < -0.3 is 28.4 Å². The average Bonchev–Trinajstić information content (AvgIpc) is 3.33. The molecule has 11 rings (SSSR count). The normalized spacial score (nSPS) is 14.0. The maximum atomic E-state index is 14.2. The fourth-order valence-electron chi connectivity index (χ4n) is 10.1. The van der Waals surface area contributed by atoms with Crippen LogP contribution in [0.1, 0.15) is 147 Å². The summed E-state index contributed by atoms with van der Waals surface area (Å²) in [4.78, 5) is 57.0. The Morgan fingerprint density at radius 3 is 0.635 bits per heavy atom. The van der Waals surface area contributed by atoms with Gasteiger partial charge in [0.05, 0.1) is 22.3 Å². The third kappa shape index (κ3) is 8.13. The van der Waals surface area contributed by atoms with Gasteiger partial charge in [-0.05, 0) is 117 Å². The molecule has 0 bridgehead atoms. The molecule has 372 valence electrons. The van der Waals surface area contributed by atoms with E-state index in [4.69, 9.17) is 28.4 Å². The summed E-state index contributed by atoms with van der Waals surface area (Å²) in [6, 6.07) is 37.2. The summed E-state index contributed by atoms with van der Waals surface area (Å²) in [5.74, 6) is -0.873. The number of esters is 4. The van der Waals surface area contributed by atoms with Crippen LogP contribution in [0.5, 0.6) is 46.0 Å². The summed E-state index contributed by atoms with van der Waals surface area (Å²) in [7, 11) is 0. The molecule has 0 unspecified atom stereocenters. The molecule has 10 nitrogen and oxygen atoms in total. The predicted octanol–water partition coefficient (Wildman–Crippen LogP) is 16.7. The smallest absolute Gasteiger partial charge is 0.346 e. The zero-order valence-corrected chi connectivity index (χ0v) is 43.6. The highest BCUT2D eigenvalue weighted by molar-refractivity contribution is 6.43. The lowest BCUT2D eigenvalue weighted by atomic mass is 9.82. The van der Waals surface area contributed by atoms with Gasteiger partial charge in [-0.2, -0.15) is 0 Å². The van der Waals surface area contributed by atoms with E-state index in [-0.39, 0.29) is 77.7 Å². The van der Waals surface area contributed by atoms with Crippen molar-refractivity contribution in [3.8, 4) is 46.0 Å². The minimum Gasteiger partial charge on any atom is -0.457 e. The van der Waals surface area contributed by atoms with Gasteiger partial charge in [0.25, 0.3) is 0 Å². The Morgan fingerprint density at radius 1 is 0.270 bits per heavy atom. The molecule has 0 N–H and O–H groups in total. The van der Waals surface area contributed by atoms with Crippen molar-refractivity contribution in [2.75, 3.05) is 0 Å². The Kier molecular flexibility index (Phi) is 10.8. The van der Waals surface area contributed by atoms with Gasteiger partial charge >= 0.3 is 23.9 Å². The van der Waals surface area contributed by atoms with Crippen LogP contribution in [0, 0.1) is 0 Å². The molecule has 0 aliphatic carbocycles. The van der Waals surface area contributed by atoms with Crippen LogP contribution in [-0.4, -0.2) is 23.9 Å². The molecule has 0 amide bonds. The third-order valence-corrected chi connectivity index (χ3v) is 14.2. The molecule has 9 aromatic rings. The molecule has 0 aromatic heterocycles. The standard InChI is InChI=1S/C64H56O10/c1-61(2,3)33-13-21-37(22-14-33)69-45-29-41-49-42(58(66)73-57(41)65)31-47(71-39-25-17-35(18-26-39)63(7,8)9)53-54-48(72-40-27-19-36(20-28-40)64(10,11)12)32-44-50-43(59(67)74-60(44)68)30-46(52(56(50)54)51(45)55(49)53)70-38-23-15-34(16-24-38)62(4,5)6/h13-32H,1-12H3. The fraction of sp³-hybridized carbons (Fsp3) is 0.250. The van der Waals surface area contributed by atoms with Crippen LogP contribution in [0.25, 0.3) is 43.1 Å². The average molecular weight is 985 g/mol. The lowest BCUT2D eigenvalue weighted by molar-refractivity contribution is 0.0373. The quantitative estimate of drug-likeness (QED) is 0.0629. The van der Waals surface area contributed by atoms with Crippen LogP contribution in [0.15, 0.2) is 121 Å². The van der Waals surface area contributed by atoms with E-state index in [1.54, 1.807) is 24.3 Å². The zero-order valence-electron chi connectivity index (χ0n) is 43.6. The molecule has 0 saturated heterocycles. The maximum Gasteiger partial charge on any atom is 0.346 e. The van der Waals surface area contributed by atoms with Crippen molar-refractivity contribution in [2.45, 2.75) is 105 Å². The Morgan fingerprint density at radius 2 is 0.459 bits per heavy atom. The van der Waals surface area contributed by atoms with Crippen LogP contribution in [-0.2, 0) is 31.1 Å². The van der Waals surface area contributed by atoms with E-state index in [2.05, 4.69) is 83.1 Å². The van der Waals surface area contributed by atoms with Gasteiger partial charge in [-0.3, -0.25) is 0 Å². The Hall–Kier alpha value is -8.24. The molecule has 10 heteroatoms. The van der Waals surface area contributed by atoms with Crippen molar-refractivity contribution < 1.29 is 47.6 Å². The summed E-state index contributed by atoms with van der Waals surface area (Å²) in [6.07, 6.45) is 0. The molecular weight excluding hydrogens is 929 g/mol. The van der Waals surface area contributed by atoms with E-state index in [0.717, 1.165) is 22.3 Å². The molecule has 0 fully saturated rings. The number of benzene rings is 9. The molecule has 2 aliphatic heterocycles. The van der Waals surface area contributed by atoms with Crippen LogP contribution in [0.2, 0.25) is 0 Å². The Balaban J connectivity index is 1.33. The topological polar surface area (TPSA) is 124 Å². The number of carbonyl (C=O) groups is 4. The first-order valence-electron chi connectivity index (χ1n) is 24.9. The molecule has 0 atom stereocenters. The van der Waals surface area contributed by atoms with Crippen molar-refractivity contribution in [1.82, 2.24) is 0 Å². The number of hydrogen-bond acceptors (Lipinski definition) is 10. The first kappa shape index (κ1) is 48.1. The van der Waals surface area contributed by atoms with Crippen LogP contribution in [0.4, 0.5) is 0 Å². The summed E-state index contributed by atoms with van der Waals surface area (Å²) in [6.45, 7) is 25.5. The van der Waals surface area contributed by atoms with E-state index in [9.17, 15) is 19.2 Å². The number of hydrogen-bond donors (Lipinski definition) is 0. The van der Waals surface area contributed by atoms with Crippen LogP contribution in [0.3, 0.4) is 0 Å². The predicted molar refractivity (Wildman–Crippen MR) is 288 cm³/mol. The van der Waals surface area contributed by atoms with Gasteiger partial charge in [0.2, 0.25) is 0 Å². The van der Waals surface area contributed by atoms with Crippen LogP contribution >= 0.6 is 0 Å². The first-order valence-corrected chi connectivity index (χ1v) is 24.9. The lowest BCUT2D eigenvalue weighted by Gasteiger charge is -2.28. The highest BCUT2D eigenvalue weighted by Crippen LogP contribution is 2.58. The van der Waals surface area contributed by atoms with Gasteiger partial charge in [-0.1, -0.05) is 132 Å². The number of rotatable bonds is 8. The first-order chi connectivity index (χ1) is 34.8. The second kappa shape index (κ2) is 16.6. The number of cyclic esters (lactones) is 4. The largest absolute Gasteiger partial charge is 0.457 e. The monoisotopic (exact) mass is 984 g/mol.